The van der Waals surface area contributed by atoms with E-state index in [1.165, 1.54) is 12.3 Å². The van der Waals surface area contributed by atoms with Crippen LogP contribution in [0.5, 0.6) is 0 Å². The highest BCUT2D eigenvalue weighted by Gasteiger charge is 2.32. The SMILES string of the molecule is CO[C@@H]1CN(C(=O)c2cccnn2)CC[C@@H]1Cc1ccccc1F. The molecular formula is C18H20FN3O2. The zero-order valence-electron chi connectivity index (χ0n) is 13.6. The first-order valence-electron chi connectivity index (χ1n) is 8.02. The van der Waals surface area contributed by atoms with E-state index in [4.69, 9.17) is 4.74 Å². The fraction of sp³-hybridized carbons (Fsp3) is 0.389. The smallest absolute Gasteiger partial charge is 0.274 e. The first-order chi connectivity index (χ1) is 11.7. The summed E-state index contributed by atoms with van der Waals surface area (Å²) >= 11 is 0. The molecule has 0 bridgehead atoms. The first-order valence-corrected chi connectivity index (χ1v) is 8.02. The molecule has 24 heavy (non-hydrogen) atoms. The van der Waals surface area contributed by atoms with E-state index in [-0.39, 0.29) is 23.7 Å². The van der Waals surface area contributed by atoms with Crippen LogP contribution in [-0.4, -0.2) is 47.3 Å². The first kappa shape index (κ1) is 16.5. The number of nitrogens with zero attached hydrogens (tertiary/aromatic N) is 3. The van der Waals surface area contributed by atoms with Crippen LogP contribution in [-0.2, 0) is 11.2 Å². The summed E-state index contributed by atoms with van der Waals surface area (Å²) in [4.78, 5) is 14.2. The number of hydrogen-bond acceptors (Lipinski definition) is 4. The van der Waals surface area contributed by atoms with Crippen molar-refractivity contribution in [1.82, 2.24) is 15.1 Å². The second-order valence-electron chi connectivity index (χ2n) is 5.98. The van der Waals surface area contributed by atoms with Crippen LogP contribution >= 0.6 is 0 Å². The van der Waals surface area contributed by atoms with Crippen LogP contribution < -0.4 is 0 Å². The average molecular weight is 329 g/mol. The molecule has 0 saturated carbocycles. The molecule has 1 fully saturated rings. The van der Waals surface area contributed by atoms with Gasteiger partial charge in [0.2, 0.25) is 0 Å². The summed E-state index contributed by atoms with van der Waals surface area (Å²) in [6.07, 6.45) is 2.78. The van der Waals surface area contributed by atoms with E-state index < -0.39 is 0 Å². The van der Waals surface area contributed by atoms with Crippen molar-refractivity contribution in [3.63, 3.8) is 0 Å². The van der Waals surface area contributed by atoms with Crippen molar-refractivity contribution in [2.24, 2.45) is 5.92 Å². The van der Waals surface area contributed by atoms with Crippen molar-refractivity contribution in [2.45, 2.75) is 18.9 Å². The number of ether oxygens (including phenoxy) is 1. The maximum Gasteiger partial charge on any atom is 0.274 e. The maximum absolute atomic E-state index is 13.9. The van der Waals surface area contributed by atoms with Crippen molar-refractivity contribution in [2.75, 3.05) is 20.2 Å². The predicted molar refractivity (Wildman–Crippen MR) is 86.9 cm³/mol. The van der Waals surface area contributed by atoms with E-state index in [2.05, 4.69) is 10.2 Å². The molecule has 1 amide bonds. The average Bonchev–Trinajstić information content (AvgIpc) is 2.64. The number of carbonyl (C=O) groups excluding carboxylic acids is 1. The minimum atomic E-state index is -0.189. The zero-order valence-corrected chi connectivity index (χ0v) is 13.6. The molecule has 0 N–H and O–H groups in total. The Labute approximate surface area is 140 Å². The lowest BCUT2D eigenvalue weighted by molar-refractivity contribution is -0.00740. The van der Waals surface area contributed by atoms with E-state index in [1.54, 1.807) is 36.3 Å². The number of rotatable bonds is 4. The summed E-state index contributed by atoms with van der Waals surface area (Å²) in [5.41, 5.74) is 1.03. The Bertz CT molecular complexity index is 696. The molecule has 0 unspecified atom stereocenters. The quantitative estimate of drug-likeness (QED) is 0.864. The fourth-order valence-electron chi connectivity index (χ4n) is 3.17. The molecule has 1 aliphatic heterocycles. The van der Waals surface area contributed by atoms with E-state index in [0.717, 1.165) is 6.42 Å². The van der Waals surface area contributed by atoms with Crippen molar-refractivity contribution in [1.29, 1.82) is 0 Å². The van der Waals surface area contributed by atoms with Crippen LogP contribution in [0.25, 0.3) is 0 Å². The van der Waals surface area contributed by atoms with Gasteiger partial charge in [0.15, 0.2) is 5.69 Å². The lowest BCUT2D eigenvalue weighted by atomic mass is 9.87. The van der Waals surface area contributed by atoms with Gasteiger partial charge in [0, 0.05) is 26.4 Å². The van der Waals surface area contributed by atoms with Gasteiger partial charge in [-0.3, -0.25) is 4.79 Å². The molecule has 0 aliphatic carbocycles. The van der Waals surface area contributed by atoms with Gasteiger partial charge < -0.3 is 9.64 Å². The second kappa shape index (κ2) is 7.49. The van der Waals surface area contributed by atoms with Gasteiger partial charge in [0.1, 0.15) is 5.82 Å². The van der Waals surface area contributed by atoms with Gasteiger partial charge in [-0.25, -0.2) is 4.39 Å². The number of hydrogen-bond donors (Lipinski definition) is 0. The van der Waals surface area contributed by atoms with Crippen molar-refractivity contribution >= 4 is 5.91 Å². The van der Waals surface area contributed by atoms with Crippen LogP contribution in [0.3, 0.4) is 0 Å². The summed E-state index contributed by atoms with van der Waals surface area (Å²) in [6.45, 7) is 1.08. The van der Waals surface area contributed by atoms with Gasteiger partial charge in [0.25, 0.3) is 5.91 Å². The monoisotopic (exact) mass is 329 g/mol. The highest BCUT2D eigenvalue weighted by atomic mass is 19.1. The maximum atomic E-state index is 13.9. The molecule has 2 aromatic rings. The molecule has 1 aromatic heterocycles. The van der Waals surface area contributed by atoms with Gasteiger partial charge in [-0.2, -0.15) is 5.10 Å². The molecule has 1 saturated heterocycles. The highest BCUT2D eigenvalue weighted by Crippen LogP contribution is 2.26. The number of aromatic nitrogens is 2. The molecule has 0 radical (unpaired) electrons. The zero-order chi connectivity index (χ0) is 16.9. The number of halogens is 1. The molecule has 5 nitrogen and oxygen atoms in total. The van der Waals surface area contributed by atoms with Crippen LogP contribution in [0.2, 0.25) is 0 Å². The number of piperidine rings is 1. The summed E-state index contributed by atoms with van der Waals surface area (Å²) in [5.74, 6) is -0.155. The Morgan fingerprint density at radius 2 is 2.17 bits per heavy atom. The Balaban J connectivity index is 1.68. The van der Waals surface area contributed by atoms with Gasteiger partial charge in [-0.15, -0.1) is 5.10 Å². The Kier molecular flexibility index (Phi) is 5.15. The van der Waals surface area contributed by atoms with Crippen LogP contribution in [0.4, 0.5) is 4.39 Å². The van der Waals surface area contributed by atoms with E-state index in [9.17, 15) is 9.18 Å². The number of likely N-dealkylation sites (tertiary alicyclic amines) is 1. The normalized spacial score (nSPS) is 20.8. The van der Waals surface area contributed by atoms with Crippen LogP contribution in [0, 0.1) is 11.7 Å². The minimum Gasteiger partial charge on any atom is -0.379 e. The summed E-state index contributed by atoms with van der Waals surface area (Å²) < 4.78 is 19.5. The molecule has 126 valence electrons. The molecular weight excluding hydrogens is 309 g/mol. The van der Waals surface area contributed by atoms with Gasteiger partial charge >= 0.3 is 0 Å². The molecule has 3 rings (SSSR count). The minimum absolute atomic E-state index is 0.126. The van der Waals surface area contributed by atoms with Gasteiger partial charge in [0.05, 0.1) is 6.10 Å². The molecule has 2 atom stereocenters. The van der Waals surface area contributed by atoms with E-state index in [1.807, 2.05) is 6.07 Å². The fourth-order valence-corrected chi connectivity index (χ4v) is 3.17. The molecule has 0 spiro atoms. The van der Waals surface area contributed by atoms with Crippen molar-refractivity contribution in [3.05, 3.63) is 59.7 Å². The topological polar surface area (TPSA) is 55.3 Å². The van der Waals surface area contributed by atoms with Crippen LogP contribution in [0.15, 0.2) is 42.6 Å². The predicted octanol–water partition coefficient (Wildman–Crippen LogP) is 2.34. The second-order valence-corrected chi connectivity index (χ2v) is 5.98. The number of carbonyl (C=O) groups is 1. The summed E-state index contributed by atoms with van der Waals surface area (Å²) in [6, 6.07) is 10.2. The molecule has 1 aliphatic rings. The van der Waals surface area contributed by atoms with Crippen LogP contribution in [0.1, 0.15) is 22.5 Å². The third-order valence-corrected chi connectivity index (χ3v) is 4.52. The molecule has 1 aromatic carbocycles. The van der Waals surface area contributed by atoms with E-state index >= 15 is 0 Å². The third-order valence-electron chi connectivity index (χ3n) is 4.52. The number of methoxy groups -OCH3 is 1. The van der Waals surface area contributed by atoms with Crippen molar-refractivity contribution < 1.29 is 13.9 Å². The lowest BCUT2D eigenvalue weighted by Gasteiger charge is -2.37. The van der Waals surface area contributed by atoms with Gasteiger partial charge in [-0.05, 0) is 42.5 Å². The summed E-state index contributed by atoms with van der Waals surface area (Å²) in [5, 5.41) is 7.62. The number of amides is 1. The van der Waals surface area contributed by atoms with E-state index in [0.29, 0.717) is 30.8 Å². The molecule has 2 heterocycles. The summed E-state index contributed by atoms with van der Waals surface area (Å²) in [7, 11) is 1.63. The Morgan fingerprint density at radius 3 is 2.88 bits per heavy atom. The van der Waals surface area contributed by atoms with Gasteiger partial charge in [-0.1, -0.05) is 18.2 Å². The standard InChI is InChI=1S/C18H20FN3O2/c1-24-17-12-22(18(23)16-7-4-9-20-21-16)10-8-14(17)11-13-5-2-3-6-15(13)19/h2-7,9,14,17H,8,10-12H2,1H3/t14-,17-/m1/s1. The largest absolute Gasteiger partial charge is 0.379 e. The number of benzene rings is 1. The Morgan fingerprint density at radius 1 is 1.33 bits per heavy atom. The third kappa shape index (κ3) is 3.59. The van der Waals surface area contributed by atoms with Crippen molar-refractivity contribution in [3.8, 4) is 0 Å². The Hall–Kier alpha value is -2.34. The lowest BCUT2D eigenvalue weighted by Crippen LogP contribution is -2.48. The molecule has 6 heteroatoms. The highest BCUT2D eigenvalue weighted by molar-refractivity contribution is 5.92.